The quantitative estimate of drug-likeness (QED) is 0.771. The van der Waals surface area contributed by atoms with Crippen LogP contribution in [0.1, 0.15) is 5.69 Å². The number of anilines is 2. The molecule has 102 valence electrons. The molecule has 2 heterocycles. The number of aromatic nitrogens is 4. The normalized spacial score (nSPS) is 12.5. The number of hydrogen-bond acceptors (Lipinski definition) is 5. The predicted molar refractivity (Wildman–Crippen MR) is 78.5 cm³/mol. The lowest BCUT2D eigenvalue weighted by Gasteiger charge is -2.05. The van der Waals surface area contributed by atoms with E-state index in [2.05, 4.69) is 25.5 Å². The highest BCUT2D eigenvalue weighted by atomic mass is 32.2. The van der Waals surface area contributed by atoms with Gasteiger partial charge < -0.3 is 5.32 Å². The molecule has 0 saturated carbocycles. The van der Waals surface area contributed by atoms with Crippen LogP contribution in [0.4, 0.5) is 11.6 Å². The topological polar surface area (TPSA) is 83.6 Å². The third kappa shape index (κ3) is 2.39. The second-order valence-electron chi connectivity index (χ2n) is 4.38. The molecule has 0 saturated heterocycles. The lowest BCUT2D eigenvalue weighted by atomic mass is 10.3. The van der Waals surface area contributed by atoms with Gasteiger partial charge in [-0.2, -0.15) is 10.1 Å². The van der Waals surface area contributed by atoms with Gasteiger partial charge in [-0.3, -0.25) is 9.31 Å². The monoisotopic (exact) mass is 287 g/mol. The smallest absolute Gasteiger partial charge is 0.229 e. The van der Waals surface area contributed by atoms with Crippen LogP contribution in [0.3, 0.4) is 0 Å². The van der Waals surface area contributed by atoms with Gasteiger partial charge in [0.05, 0.1) is 5.39 Å². The number of aryl methyl sites for hydroxylation is 1. The van der Waals surface area contributed by atoms with Crippen molar-refractivity contribution in [2.75, 3.05) is 11.6 Å². The van der Waals surface area contributed by atoms with Gasteiger partial charge in [-0.1, -0.05) is 0 Å². The summed E-state index contributed by atoms with van der Waals surface area (Å²) in [5.74, 6) is 0.481. The zero-order chi connectivity index (χ0) is 14.1. The third-order valence-electron chi connectivity index (χ3n) is 2.94. The molecular formula is C13H13N5OS. The van der Waals surface area contributed by atoms with Crippen molar-refractivity contribution in [2.24, 2.45) is 0 Å². The Bertz CT molecular complexity index is 781. The molecule has 2 N–H and O–H groups in total. The fraction of sp³-hybridized carbons (Fsp3) is 0.154. The standard InChI is InChI=1S/C13H13N5OS/c1-8-11-7-14-13(16-12(11)18-17-8)15-9-3-5-10(6-4-9)20(2)19/h3-7H,1-2H3,(H2,14,15,16,17,18). The molecule has 0 radical (unpaired) electrons. The lowest BCUT2D eigenvalue weighted by molar-refractivity contribution is 0.687. The Morgan fingerprint density at radius 2 is 2.00 bits per heavy atom. The SMILES string of the molecule is Cc1[nH]nc2nc(Nc3ccc(S(C)=O)cc3)ncc12. The van der Waals surface area contributed by atoms with E-state index in [1.807, 2.05) is 31.2 Å². The van der Waals surface area contributed by atoms with Crippen LogP contribution >= 0.6 is 0 Å². The number of fused-ring (bicyclic) bond motifs is 1. The molecule has 0 bridgehead atoms. The van der Waals surface area contributed by atoms with Crippen LogP contribution in [0.25, 0.3) is 11.0 Å². The summed E-state index contributed by atoms with van der Waals surface area (Å²) < 4.78 is 11.3. The maximum Gasteiger partial charge on any atom is 0.229 e. The molecule has 0 spiro atoms. The molecule has 1 atom stereocenters. The van der Waals surface area contributed by atoms with Crippen molar-refractivity contribution in [3.8, 4) is 0 Å². The van der Waals surface area contributed by atoms with Crippen molar-refractivity contribution in [2.45, 2.75) is 11.8 Å². The molecule has 0 aliphatic heterocycles. The maximum absolute atomic E-state index is 11.3. The van der Waals surface area contributed by atoms with Crippen molar-refractivity contribution in [3.05, 3.63) is 36.2 Å². The Morgan fingerprint density at radius 1 is 1.25 bits per heavy atom. The first-order chi connectivity index (χ1) is 9.63. The average Bonchev–Trinajstić information content (AvgIpc) is 2.81. The van der Waals surface area contributed by atoms with Gasteiger partial charge in [-0.05, 0) is 31.2 Å². The van der Waals surface area contributed by atoms with E-state index in [0.717, 1.165) is 21.7 Å². The summed E-state index contributed by atoms with van der Waals surface area (Å²) in [6, 6.07) is 7.32. The van der Waals surface area contributed by atoms with E-state index in [1.54, 1.807) is 12.5 Å². The fourth-order valence-corrected chi connectivity index (χ4v) is 2.36. The largest absolute Gasteiger partial charge is 0.324 e. The summed E-state index contributed by atoms with van der Waals surface area (Å²) in [7, 11) is -0.973. The van der Waals surface area contributed by atoms with Crippen molar-refractivity contribution in [1.82, 2.24) is 20.2 Å². The van der Waals surface area contributed by atoms with Crippen molar-refractivity contribution in [3.63, 3.8) is 0 Å². The first-order valence-corrected chi connectivity index (χ1v) is 7.57. The average molecular weight is 287 g/mol. The second kappa shape index (κ2) is 5.01. The summed E-state index contributed by atoms with van der Waals surface area (Å²) in [6.07, 6.45) is 3.39. The Labute approximate surface area is 118 Å². The minimum Gasteiger partial charge on any atom is -0.324 e. The molecule has 0 fully saturated rings. The zero-order valence-corrected chi connectivity index (χ0v) is 11.9. The number of aromatic amines is 1. The number of rotatable bonds is 3. The van der Waals surface area contributed by atoms with E-state index in [1.165, 1.54) is 0 Å². The van der Waals surface area contributed by atoms with Gasteiger partial charge in [0.15, 0.2) is 5.65 Å². The van der Waals surface area contributed by atoms with Crippen LogP contribution < -0.4 is 5.32 Å². The molecule has 0 aliphatic rings. The number of nitrogens with zero attached hydrogens (tertiary/aromatic N) is 3. The van der Waals surface area contributed by atoms with Crippen molar-refractivity contribution < 1.29 is 4.21 Å². The number of H-pyrrole nitrogens is 1. The highest BCUT2D eigenvalue weighted by molar-refractivity contribution is 7.84. The van der Waals surface area contributed by atoms with Gasteiger partial charge in [0.2, 0.25) is 5.95 Å². The van der Waals surface area contributed by atoms with E-state index in [-0.39, 0.29) is 0 Å². The van der Waals surface area contributed by atoms with E-state index in [4.69, 9.17) is 0 Å². The summed E-state index contributed by atoms with van der Waals surface area (Å²) >= 11 is 0. The highest BCUT2D eigenvalue weighted by Gasteiger charge is 2.05. The summed E-state index contributed by atoms with van der Waals surface area (Å²) in [4.78, 5) is 9.36. The summed E-state index contributed by atoms with van der Waals surface area (Å²) in [5.41, 5.74) is 2.42. The first-order valence-electron chi connectivity index (χ1n) is 6.02. The van der Waals surface area contributed by atoms with Crippen molar-refractivity contribution in [1.29, 1.82) is 0 Å². The maximum atomic E-state index is 11.3. The molecule has 6 nitrogen and oxygen atoms in total. The van der Waals surface area contributed by atoms with Gasteiger partial charge in [0.25, 0.3) is 0 Å². The van der Waals surface area contributed by atoms with Gasteiger partial charge in [0.1, 0.15) is 0 Å². The Morgan fingerprint density at radius 3 is 2.70 bits per heavy atom. The Balaban J connectivity index is 1.86. The van der Waals surface area contributed by atoms with Gasteiger partial charge in [-0.15, -0.1) is 0 Å². The number of hydrogen-bond donors (Lipinski definition) is 2. The number of nitrogens with one attached hydrogen (secondary N) is 2. The molecular weight excluding hydrogens is 274 g/mol. The summed E-state index contributed by atoms with van der Waals surface area (Å²) in [5, 5.41) is 11.0. The number of benzene rings is 1. The van der Waals surface area contributed by atoms with Crippen LogP contribution in [0.2, 0.25) is 0 Å². The second-order valence-corrected chi connectivity index (χ2v) is 5.76. The molecule has 1 unspecified atom stereocenters. The molecule has 7 heteroatoms. The van der Waals surface area contributed by atoms with E-state index >= 15 is 0 Å². The van der Waals surface area contributed by atoms with Crippen LogP contribution in [0, 0.1) is 6.92 Å². The summed E-state index contributed by atoms with van der Waals surface area (Å²) in [6.45, 7) is 1.93. The van der Waals surface area contributed by atoms with Crippen molar-refractivity contribution >= 4 is 33.5 Å². The van der Waals surface area contributed by atoms with Crippen LogP contribution in [0.5, 0.6) is 0 Å². The molecule has 3 rings (SSSR count). The first kappa shape index (κ1) is 12.7. The van der Waals surface area contributed by atoms with Gasteiger partial charge in [0, 0.05) is 39.5 Å². The fourth-order valence-electron chi connectivity index (χ4n) is 1.84. The molecule has 20 heavy (non-hydrogen) atoms. The Kier molecular flexibility index (Phi) is 3.19. The molecule has 1 aromatic carbocycles. The lowest BCUT2D eigenvalue weighted by Crippen LogP contribution is -1.97. The molecule has 3 aromatic rings. The van der Waals surface area contributed by atoms with E-state index < -0.39 is 10.8 Å². The molecule has 2 aromatic heterocycles. The van der Waals surface area contributed by atoms with E-state index in [9.17, 15) is 4.21 Å². The molecule has 0 aliphatic carbocycles. The third-order valence-corrected chi connectivity index (χ3v) is 3.88. The minimum atomic E-state index is -0.973. The molecule has 0 amide bonds. The Hall–Kier alpha value is -2.28. The van der Waals surface area contributed by atoms with E-state index in [0.29, 0.717) is 11.6 Å². The highest BCUT2D eigenvalue weighted by Crippen LogP contribution is 2.18. The minimum absolute atomic E-state index is 0.481. The van der Waals surface area contributed by atoms with Crippen LogP contribution in [0.15, 0.2) is 35.4 Å². The van der Waals surface area contributed by atoms with Crippen LogP contribution in [-0.2, 0) is 10.8 Å². The van der Waals surface area contributed by atoms with Gasteiger partial charge in [-0.25, -0.2) is 4.98 Å². The van der Waals surface area contributed by atoms with Crippen LogP contribution in [-0.4, -0.2) is 30.6 Å². The predicted octanol–water partition coefficient (Wildman–Crippen LogP) is 2.14. The zero-order valence-electron chi connectivity index (χ0n) is 11.0. The van der Waals surface area contributed by atoms with Gasteiger partial charge >= 0.3 is 0 Å².